The third kappa shape index (κ3) is 3.07. The Labute approximate surface area is 131 Å². The van der Waals surface area contributed by atoms with E-state index in [1.165, 1.54) is 6.07 Å². The van der Waals surface area contributed by atoms with Gasteiger partial charge in [0.25, 0.3) is 0 Å². The Morgan fingerprint density at radius 2 is 1.94 bits per heavy atom. The van der Waals surface area contributed by atoms with Crippen LogP contribution in [0.1, 0.15) is 0 Å². The van der Waals surface area contributed by atoms with Crippen LogP contribution < -0.4 is 11.1 Å². The predicted octanol–water partition coefficient (Wildman–Crippen LogP) is 5.17. The zero-order valence-electron chi connectivity index (χ0n) is 8.98. The van der Waals surface area contributed by atoms with E-state index in [1.807, 2.05) is 12.1 Å². The summed E-state index contributed by atoms with van der Waals surface area (Å²) in [4.78, 5) is 0. The number of nitrogens with one attached hydrogen (secondary N) is 1. The first-order chi connectivity index (χ1) is 8.47. The molecule has 18 heavy (non-hydrogen) atoms. The van der Waals surface area contributed by atoms with Gasteiger partial charge in [0.2, 0.25) is 0 Å². The first kappa shape index (κ1) is 13.9. The average Bonchev–Trinajstić information content (AvgIpc) is 2.29. The molecule has 0 bridgehead atoms. The quantitative estimate of drug-likeness (QED) is 0.498. The second kappa shape index (κ2) is 5.63. The minimum atomic E-state index is -0.385. The Morgan fingerprint density at radius 1 is 1.22 bits per heavy atom. The summed E-state index contributed by atoms with van der Waals surface area (Å²) >= 11 is 11.2. The summed E-state index contributed by atoms with van der Waals surface area (Å²) in [5, 5.41) is 3.81. The van der Waals surface area contributed by atoms with Gasteiger partial charge in [0.1, 0.15) is 5.82 Å². The van der Waals surface area contributed by atoms with Crippen molar-refractivity contribution in [2.24, 2.45) is 0 Å². The Bertz CT molecular complexity index is 607. The van der Waals surface area contributed by atoms with Crippen LogP contribution in [-0.4, -0.2) is 0 Å². The van der Waals surface area contributed by atoms with Crippen molar-refractivity contribution in [3.8, 4) is 0 Å². The Hall–Kier alpha value is -0.530. The van der Waals surface area contributed by atoms with Crippen molar-refractivity contribution in [3.05, 3.63) is 49.2 Å². The molecule has 0 spiro atoms. The molecule has 0 aliphatic rings. The van der Waals surface area contributed by atoms with Crippen LogP contribution in [0, 0.1) is 9.39 Å². The predicted molar refractivity (Wildman–Crippen MR) is 86.0 cm³/mol. The summed E-state index contributed by atoms with van der Waals surface area (Å²) in [6, 6.07) is 8.34. The minimum Gasteiger partial charge on any atom is -0.397 e. The number of rotatable bonds is 2. The Kier molecular flexibility index (Phi) is 4.34. The highest BCUT2D eigenvalue weighted by atomic mass is 127. The summed E-state index contributed by atoms with van der Waals surface area (Å²) in [7, 11) is 0. The molecular weight excluding hydrogens is 433 g/mol. The van der Waals surface area contributed by atoms with E-state index in [4.69, 9.17) is 17.3 Å². The third-order valence-corrected chi connectivity index (χ3v) is 4.03. The zero-order valence-corrected chi connectivity index (χ0v) is 13.5. The number of benzene rings is 2. The van der Waals surface area contributed by atoms with Gasteiger partial charge in [0.05, 0.1) is 21.5 Å². The number of anilines is 3. The van der Waals surface area contributed by atoms with Gasteiger partial charge in [-0.05, 0) is 62.8 Å². The molecule has 2 rings (SSSR count). The Morgan fingerprint density at radius 3 is 2.61 bits per heavy atom. The molecule has 94 valence electrons. The topological polar surface area (TPSA) is 38.0 Å². The lowest BCUT2D eigenvalue weighted by atomic mass is 10.2. The van der Waals surface area contributed by atoms with Crippen molar-refractivity contribution in [1.82, 2.24) is 0 Å². The van der Waals surface area contributed by atoms with E-state index in [0.717, 1.165) is 9.26 Å². The number of hydrogen-bond donors (Lipinski definition) is 2. The smallest absolute Gasteiger partial charge is 0.139 e. The fraction of sp³-hybridized carbons (Fsp3) is 0. The SMILES string of the molecule is Nc1cc(F)c(Br)cc1Nc1ccc(Cl)cc1I. The summed E-state index contributed by atoms with van der Waals surface area (Å²) in [5.41, 5.74) is 7.62. The van der Waals surface area contributed by atoms with Crippen molar-refractivity contribution in [3.63, 3.8) is 0 Å². The molecule has 6 heteroatoms. The maximum absolute atomic E-state index is 13.3. The standard InChI is InChI=1S/C12H8BrClFIN2/c13-7-4-12(10(17)5-8(7)15)18-11-2-1-6(14)3-9(11)16/h1-5,18H,17H2. The van der Waals surface area contributed by atoms with Crippen LogP contribution >= 0.6 is 50.1 Å². The largest absolute Gasteiger partial charge is 0.397 e. The summed E-state index contributed by atoms with van der Waals surface area (Å²) in [6.45, 7) is 0. The maximum Gasteiger partial charge on any atom is 0.139 e. The zero-order chi connectivity index (χ0) is 13.3. The normalized spacial score (nSPS) is 10.4. The van der Waals surface area contributed by atoms with Gasteiger partial charge >= 0.3 is 0 Å². The van der Waals surface area contributed by atoms with E-state index in [-0.39, 0.29) is 5.82 Å². The summed E-state index contributed by atoms with van der Waals surface area (Å²) in [6.07, 6.45) is 0. The van der Waals surface area contributed by atoms with Crippen LogP contribution in [0.4, 0.5) is 21.5 Å². The lowest BCUT2D eigenvalue weighted by Crippen LogP contribution is -1.99. The second-order valence-corrected chi connectivity index (χ2v) is 6.06. The third-order valence-electron chi connectivity index (χ3n) is 2.29. The molecule has 0 atom stereocenters. The molecule has 0 radical (unpaired) electrons. The highest BCUT2D eigenvalue weighted by Crippen LogP contribution is 2.31. The molecule has 0 aliphatic carbocycles. The fourth-order valence-corrected chi connectivity index (χ4v) is 2.76. The first-order valence-corrected chi connectivity index (χ1v) is 7.19. The van der Waals surface area contributed by atoms with Gasteiger partial charge in [-0.15, -0.1) is 0 Å². The van der Waals surface area contributed by atoms with Crippen molar-refractivity contribution in [1.29, 1.82) is 0 Å². The van der Waals surface area contributed by atoms with Crippen LogP contribution in [0.2, 0.25) is 5.02 Å². The minimum absolute atomic E-state index is 0.349. The lowest BCUT2D eigenvalue weighted by Gasteiger charge is -2.12. The van der Waals surface area contributed by atoms with Crippen LogP contribution in [0.3, 0.4) is 0 Å². The molecular formula is C12H8BrClFIN2. The molecule has 2 aromatic carbocycles. The van der Waals surface area contributed by atoms with Gasteiger partial charge < -0.3 is 11.1 Å². The molecule has 0 unspecified atom stereocenters. The van der Waals surface area contributed by atoms with Crippen molar-refractivity contribution < 1.29 is 4.39 Å². The lowest BCUT2D eigenvalue weighted by molar-refractivity contribution is 0.622. The van der Waals surface area contributed by atoms with Crippen molar-refractivity contribution in [2.75, 3.05) is 11.1 Å². The van der Waals surface area contributed by atoms with Gasteiger partial charge in [-0.25, -0.2) is 4.39 Å². The maximum atomic E-state index is 13.3. The van der Waals surface area contributed by atoms with E-state index < -0.39 is 0 Å². The number of halogens is 4. The fourth-order valence-electron chi connectivity index (χ4n) is 1.41. The van der Waals surface area contributed by atoms with E-state index in [2.05, 4.69) is 43.8 Å². The number of hydrogen-bond acceptors (Lipinski definition) is 2. The second-order valence-electron chi connectivity index (χ2n) is 3.60. The van der Waals surface area contributed by atoms with Crippen LogP contribution in [-0.2, 0) is 0 Å². The van der Waals surface area contributed by atoms with Crippen LogP contribution in [0.5, 0.6) is 0 Å². The highest BCUT2D eigenvalue weighted by Gasteiger charge is 2.08. The van der Waals surface area contributed by atoms with E-state index in [1.54, 1.807) is 12.1 Å². The van der Waals surface area contributed by atoms with Gasteiger partial charge in [0, 0.05) is 14.7 Å². The van der Waals surface area contributed by atoms with Gasteiger partial charge in [-0.2, -0.15) is 0 Å². The Balaban J connectivity index is 2.37. The van der Waals surface area contributed by atoms with Crippen molar-refractivity contribution in [2.45, 2.75) is 0 Å². The highest BCUT2D eigenvalue weighted by molar-refractivity contribution is 14.1. The molecule has 0 fully saturated rings. The molecule has 0 aromatic heterocycles. The summed E-state index contributed by atoms with van der Waals surface area (Å²) in [5.74, 6) is -0.385. The molecule has 0 heterocycles. The molecule has 0 aliphatic heterocycles. The molecule has 0 amide bonds. The van der Waals surface area contributed by atoms with E-state index in [0.29, 0.717) is 20.9 Å². The summed E-state index contributed by atoms with van der Waals surface area (Å²) < 4.78 is 14.6. The number of nitrogens with two attached hydrogens (primary N) is 1. The van der Waals surface area contributed by atoms with E-state index in [9.17, 15) is 4.39 Å². The van der Waals surface area contributed by atoms with E-state index >= 15 is 0 Å². The molecule has 3 N–H and O–H groups in total. The monoisotopic (exact) mass is 440 g/mol. The van der Waals surface area contributed by atoms with Gasteiger partial charge in [-0.1, -0.05) is 11.6 Å². The average molecular weight is 441 g/mol. The van der Waals surface area contributed by atoms with Crippen LogP contribution in [0.25, 0.3) is 0 Å². The molecule has 0 saturated carbocycles. The first-order valence-electron chi connectivity index (χ1n) is 4.94. The van der Waals surface area contributed by atoms with Crippen LogP contribution in [0.15, 0.2) is 34.8 Å². The van der Waals surface area contributed by atoms with Gasteiger partial charge in [-0.3, -0.25) is 0 Å². The molecule has 2 nitrogen and oxygen atoms in total. The number of nitrogen functional groups attached to an aromatic ring is 1. The molecule has 2 aromatic rings. The van der Waals surface area contributed by atoms with Gasteiger partial charge in [0.15, 0.2) is 0 Å². The molecule has 0 saturated heterocycles. The van der Waals surface area contributed by atoms with Crippen molar-refractivity contribution >= 4 is 67.2 Å².